The average molecular weight is 297 g/mol. The van der Waals surface area contributed by atoms with Crippen LogP contribution in [-0.2, 0) is 20.9 Å². The van der Waals surface area contributed by atoms with E-state index in [1.165, 1.54) is 0 Å². The van der Waals surface area contributed by atoms with Crippen molar-refractivity contribution in [2.45, 2.75) is 51.2 Å². The zero-order chi connectivity index (χ0) is 15.3. The quantitative estimate of drug-likeness (QED) is 0.798. The standard InChI is InChI=1S/C13H19N3O5/c1-9-14-11(21-16-9)8-20-7-10(17)15-13(12(18)19)5-3-2-4-6-13/h2-8H2,1H3,(H,15,17)(H,18,19). The van der Waals surface area contributed by atoms with Crippen LogP contribution < -0.4 is 5.32 Å². The first-order valence-electron chi connectivity index (χ1n) is 6.93. The second kappa shape index (κ2) is 6.66. The first-order valence-corrected chi connectivity index (χ1v) is 6.93. The summed E-state index contributed by atoms with van der Waals surface area (Å²) in [5, 5.41) is 15.5. The third kappa shape index (κ3) is 4.01. The van der Waals surface area contributed by atoms with Gasteiger partial charge in [0.2, 0.25) is 5.91 Å². The number of carbonyl (C=O) groups excluding carboxylic acids is 1. The Kier molecular flexibility index (Phi) is 4.89. The zero-order valence-electron chi connectivity index (χ0n) is 11.9. The Balaban J connectivity index is 1.81. The topological polar surface area (TPSA) is 115 Å². The molecule has 1 aromatic rings. The normalized spacial score (nSPS) is 17.4. The highest BCUT2D eigenvalue weighted by atomic mass is 16.5. The van der Waals surface area contributed by atoms with Crippen LogP contribution in [0.15, 0.2) is 4.52 Å². The molecule has 0 aliphatic heterocycles. The van der Waals surface area contributed by atoms with E-state index in [9.17, 15) is 14.7 Å². The van der Waals surface area contributed by atoms with E-state index in [0.29, 0.717) is 18.7 Å². The molecule has 8 nitrogen and oxygen atoms in total. The fraction of sp³-hybridized carbons (Fsp3) is 0.692. The number of carbonyl (C=O) groups is 2. The molecule has 0 spiro atoms. The number of nitrogens with one attached hydrogen (secondary N) is 1. The molecule has 0 atom stereocenters. The van der Waals surface area contributed by atoms with Crippen molar-refractivity contribution >= 4 is 11.9 Å². The molecule has 0 unspecified atom stereocenters. The van der Waals surface area contributed by atoms with Crippen LogP contribution in [0.1, 0.15) is 43.8 Å². The van der Waals surface area contributed by atoms with Crippen molar-refractivity contribution in [3.8, 4) is 0 Å². The largest absolute Gasteiger partial charge is 0.480 e. The van der Waals surface area contributed by atoms with E-state index in [4.69, 9.17) is 9.26 Å². The number of nitrogens with zero attached hydrogens (tertiary/aromatic N) is 2. The molecule has 2 N–H and O–H groups in total. The molecule has 21 heavy (non-hydrogen) atoms. The molecule has 8 heteroatoms. The van der Waals surface area contributed by atoms with Crippen LogP contribution in [0.3, 0.4) is 0 Å². The van der Waals surface area contributed by atoms with E-state index in [0.717, 1.165) is 19.3 Å². The van der Waals surface area contributed by atoms with E-state index >= 15 is 0 Å². The van der Waals surface area contributed by atoms with Gasteiger partial charge >= 0.3 is 5.97 Å². The molecule has 1 aromatic heterocycles. The lowest BCUT2D eigenvalue weighted by atomic mass is 9.81. The number of carboxylic acid groups (broad SMARTS) is 1. The zero-order valence-corrected chi connectivity index (χ0v) is 11.9. The maximum atomic E-state index is 11.9. The molecule has 1 aliphatic carbocycles. The highest BCUT2D eigenvalue weighted by Gasteiger charge is 2.40. The summed E-state index contributed by atoms with van der Waals surface area (Å²) in [7, 11) is 0. The van der Waals surface area contributed by atoms with E-state index in [-0.39, 0.29) is 19.1 Å². The van der Waals surface area contributed by atoms with Crippen molar-refractivity contribution in [1.82, 2.24) is 15.5 Å². The Bertz CT molecular complexity index is 508. The fourth-order valence-corrected chi connectivity index (χ4v) is 2.48. The summed E-state index contributed by atoms with van der Waals surface area (Å²) in [4.78, 5) is 27.2. The third-order valence-electron chi connectivity index (χ3n) is 3.52. The third-order valence-corrected chi connectivity index (χ3v) is 3.52. The molecule has 0 saturated heterocycles. The van der Waals surface area contributed by atoms with Gasteiger partial charge in [0.1, 0.15) is 18.8 Å². The highest BCUT2D eigenvalue weighted by Crippen LogP contribution is 2.28. The number of aromatic nitrogens is 2. The maximum Gasteiger partial charge on any atom is 0.329 e. The molecule has 1 saturated carbocycles. The van der Waals surface area contributed by atoms with Gasteiger partial charge in [0.25, 0.3) is 5.89 Å². The van der Waals surface area contributed by atoms with Crippen LogP contribution in [0.2, 0.25) is 0 Å². The van der Waals surface area contributed by atoms with Gasteiger partial charge in [0, 0.05) is 0 Å². The lowest BCUT2D eigenvalue weighted by Crippen LogP contribution is -2.56. The second-order valence-electron chi connectivity index (χ2n) is 5.22. The Morgan fingerprint density at radius 1 is 1.38 bits per heavy atom. The summed E-state index contributed by atoms with van der Waals surface area (Å²) < 4.78 is 10.0. The van der Waals surface area contributed by atoms with Crippen LogP contribution in [0.5, 0.6) is 0 Å². The molecule has 1 aliphatic rings. The first kappa shape index (κ1) is 15.4. The SMILES string of the molecule is Cc1noc(COCC(=O)NC2(C(=O)O)CCCCC2)n1. The molecule has 2 rings (SSSR count). The second-order valence-corrected chi connectivity index (χ2v) is 5.22. The van der Waals surface area contributed by atoms with Crippen LogP contribution in [0.4, 0.5) is 0 Å². The van der Waals surface area contributed by atoms with Crippen molar-refractivity contribution in [3.63, 3.8) is 0 Å². The minimum atomic E-state index is -1.15. The Morgan fingerprint density at radius 2 is 2.10 bits per heavy atom. The van der Waals surface area contributed by atoms with Crippen molar-refractivity contribution in [2.75, 3.05) is 6.61 Å². The van der Waals surface area contributed by atoms with Gasteiger partial charge in [-0.15, -0.1) is 0 Å². The number of aryl methyl sites for hydroxylation is 1. The molecular weight excluding hydrogens is 278 g/mol. The summed E-state index contributed by atoms with van der Waals surface area (Å²) in [6.07, 6.45) is 3.51. The van der Waals surface area contributed by atoms with Crippen LogP contribution in [0, 0.1) is 6.92 Å². The molecular formula is C13H19N3O5. The number of aliphatic carboxylic acids is 1. The van der Waals surface area contributed by atoms with E-state index in [1.54, 1.807) is 6.92 Å². The molecule has 0 bridgehead atoms. The minimum absolute atomic E-state index is 0.0222. The lowest BCUT2D eigenvalue weighted by Gasteiger charge is -2.33. The van der Waals surface area contributed by atoms with E-state index in [2.05, 4.69) is 15.5 Å². The molecule has 1 heterocycles. The Hall–Kier alpha value is -1.96. The molecule has 1 fully saturated rings. The van der Waals surface area contributed by atoms with Crippen LogP contribution in [0.25, 0.3) is 0 Å². The van der Waals surface area contributed by atoms with Gasteiger partial charge in [-0.05, 0) is 19.8 Å². The summed E-state index contributed by atoms with van der Waals surface area (Å²) in [6.45, 7) is 1.46. The van der Waals surface area contributed by atoms with Crippen molar-refractivity contribution in [2.24, 2.45) is 0 Å². The Morgan fingerprint density at radius 3 is 2.67 bits per heavy atom. The number of amides is 1. The van der Waals surface area contributed by atoms with Gasteiger partial charge in [0.15, 0.2) is 5.82 Å². The van der Waals surface area contributed by atoms with Crippen LogP contribution >= 0.6 is 0 Å². The summed E-state index contributed by atoms with van der Waals surface area (Å²) in [5.41, 5.74) is -1.15. The van der Waals surface area contributed by atoms with Gasteiger partial charge < -0.3 is 19.7 Å². The summed E-state index contributed by atoms with van der Waals surface area (Å²) in [6, 6.07) is 0. The van der Waals surface area contributed by atoms with Gasteiger partial charge in [-0.1, -0.05) is 24.4 Å². The average Bonchev–Trinajstić information content (AvgIpc) is 2.85. The molecule has 0 aromatic carbocycles. The maximum absolute atomic E-state index is 11.9. The molecule has 0 radical (unpaired) electrons. The van der Waals surface area contributed by atoms with Gasteiger partial charge in [-0.3, -0.25) is 4.79 Å². The smallest absolute Gasteiger partial charge is 0.329 e. The summed E-state index contributed by atoms with van der Waals surface area (Å²) in [5.74, 6) is -0.658. The molecule has 116 valence electrons. The number of ether oxygens (including phenoxy) is 1. The minimum Gasteiger partial charge on any atom is -0.480 e. The number of carboxylic acids is 1. The van der Waals surface area contributed by atoms with Gasteiger partial charge in [-0.2, -0.15) is 4.98 Å². The van der Waals surface area contributed by atoms with E-state index in [1.807, 2.05) is 0 Å². The predicted molar refractivity (Wildman–Crippen MR) is 70.3 cm³/mol. The monoisotopic (exact) mass is 297 g/mol. The van der Waals surface area contributed by atoms with Crippen molar-refractivity contribution in [1.29, 1.82) is 0 Å². The molecule has 1 amide bonds. The van der Waals surface area contributed by atoms with Crippen molar-refractivity contribution in [3.05, 3.63) is 11.7 Å². The van der Waals surface area contributed by atoms with Gasteiger partial charge in [0.05, 0.1) is 0 Å². The fourth-order valence-electron chi connectivity index (χ4n) is 2.48. The Labute approximate surface area is 121 Å². The summed E-state index contributed by atoms with van der Waals surface area (Å²) >= 11 is 0. The lowest BCUT2D eigenvalue weighted by molar-refractivity contribution is -0.150. The number of rotatable bonds is 6. The van der Waals surface area contributed by atoms with E-state index < -0.39 is 17.4 Å². The number of hydrogen-bond acceptors (Lipinski definition) is 6. The predicted octanol–water partition coefficient (Wildman–Crippen LogP) is 0.798. The van der Waals surface area contributed by atoms with Gasteiger partial charge in [-0.25, -0.2) is 4.79 Å². The number of hydrogen-bond donors (Lipinski definition) is 2. The first-order chi connectivity index (χ1) is 10.0. The van der Waals surface area contributed by atoms with Crippen LogP contribution in [-0.4, -0.2) is 39.3 Å². The van der Waals surface area contributed by atoms with Crippen molar-refractivity contribution < 1.29 is 24.0 Å². The highest BCUT2D eigenvalue weighted by molar-refractivity contribution is 5.87.